The molecule has 0 radical (unpaired) electrons. The lowest BCUT2D eigenvalue weighted by atomic mass is 10.1. The summed E-state index contributed by atoms with van der Waals surface area (Å²) >= 11 is 12.0. The third-order valence-electron chi connectivity index (χ3n) is 6.02. The summed E-state index contributed by atoms with van der Waals surface area (Å²) in [6, 6.07) is 8.86. The minimum absolute atomic E-state index is 0.0430. The van der Waals surface area contributed by atoms with Crippen molar-refractivity contribution in [1.82, 2.24) is 9.80 Å². The van der Waals surface area contributed by atoms with E-state index >= 15 is 0 Å². The Labute approximate surface area is 202 Å². The van der Waals surface area contributed by atoms with Crippen molar-refractivity contribution < 1.29 is 23.0 Å². The molecule has 2 fully saturated rings. The predicted molar refractivity (Wildman–Crippen MR) is 123 cm³/mol. The van der Waals surface area contributed by atoms with E-state index in [1.54, 1.807) is 17.0 Å². The molecule has 5 nitrogen and oxygen atoms in total. The monoisotopic (exact) mass is 498 g/mol. The van der Waals surface area contributed by atoms with Crippen molar-refractivity contribution >= 4 is 29.1 Å². The zero-order chi connectivity index (χ0) is 23.4. The third-order valence-corrected chi connectivity index (χ3v) is 6.76. The normalized spacial score (nSPS) is 20.1. The number of amides is 1. The van der Waals surface area contributed by atoms with Gasteiger partial charge in [-0.3, -0.25) is 4.79 Å². The van der Waals surface area contributed by atoms with Gasteiger partial charge in [-0.2, -0.15) is 0 Å². The number of hydrogen-bond acceptors (Lipinski definition) is 4. The molecular formula is C24H26Cl2F2N2O3. The maximum absolute atomic E-state index is 13.4. The minimum Gasteiger partial charge on any atom is -0.490 e. The SMILES string of the molecule is O=C(Cc1ccc(F)c(F)c1)N1CCOC(CN2CCC(Oc3ccc(Cl)c(Cl)c3)CC2)C1. The average molecular weight is 499 g/mol. The van der Waals surface area contributed by atoms with Crippen molar-refractivity contribution in [1.29, 1.82) is 0 Å². The standard InChI is InChI=1S/C24H26Cl2F2N2O3/c25-20-3-2-18(13-21(20)26)33-17-5-7-29(8-6-17)14-19-15-30(9-10-32-19)24(31)12-16-1-4-22(27)23(28)11-16/h1-4,11,13,17,19H,5-10,12,14-15H2. The summed E-state index contributed by atoms with van der Waals surface area (Å²) in [5.41, 5.74) is 0.464. The van der Waals surface area contributed by atoms with Crippen molar-refractivity contribution in [3.05, 3.63) is 63.6 Å². The van der Waals surface area contributed by atoms with Crippen LogP contribution in [0.15, 0.2) is 36.4 Å². The number of carbonyl (C=O) groups is 1. The summed E-state index contributed by atoms with van der Waals surface area (Å²) < 4.78 is 38.5. The van der Waals surface area contributed by atoms with E-state index in [1.807, 2.05) is 6.07 Å². The number of morpholine rings is 1. The lowest BCUT2D eigenvalue weighted by Gasteiger charge is -2.38. The van der Waals surface area contributed by atoms with Crippen LogP contribution in [0.2, 0.25) is 10.0 Å². The number of halogens is 4. The average Bonchev–Trinajstić information content (AvgIpc) is 2.80. The molecule has 2 heterocycles. The van der Waals surface area contributed by atoms with Crippen molar-refractivity contribution in [2.75, 3.05) is 39.3 Å². The molecule has 33 heavy (non-hydrogen) atoms. The van der Waals surface area contributed by atoms with Crippen molar-refractivity contribution in [2.24, 2.45) is 0 Å². The third kappa shape index (κ3) is 6.57. The highest BCUT2D eigenvalue weighted by atomic mass is 35.5. The quantitative estimate of drug-likeness (QED) is 0.584. The van der Waals surface area contributed by atoms with Gasteiger partial charge in [0.2, 0.25) is 5.91 Å². The highest BCUT2D eigenvalue weighted by Gasteiger charge is 2.28. The van der Waals surface area contributed by atoms with Gasteiger partial charge in [0.05, 0.1) is 29.2 Å². The van der Waals surface area contributed by atoms with Gasteiger partial charge in [0.1, 0.15) is 11.9 Å². The summed E-state index contributed by atoms with van der Waals surface area (Å²) in [6.07, 6.45) is 1.83. The molecule has 2 aliphatic heterocycles. The number of carbonyl (C=O) groups excluding carboxylic acids is 1. The van der Waals surface area contributed by atoms with Crippen LogP contribution in [-0.4, -0.2) is 67.2 Å². The van der Waals surface area contributed by atoms with Gasteiger partial charge in [0.25, 0.3) is 0 Å². The Balaban J connectivity index is 1.23. The van der Waals surface area contributed by atoms with E-state index < -0.39 is 11.6 Å². The minimum atomic E-state index is -0.938. The van der Waals surface area contributed by atoms with Gasteiger partial charge in [-0.25, -0.2) is 8.78 Å². The van der Waals surface area contributed by atoms with E-state index in [0.29, 0.717) is 41.1 Å². The Bertz CT molecular complexity index is 986. The van der Waals surface area contributed by atoms with Gasteiger partial charge in [-0.15, -0.1) is 0 Å². The Hall–Kier alpha value is -1.93. The molecule has 0 saturated carbocycles. The molecule has 2 aromatic carbocycles. The van der Waals surface area contributed by atoms with Gasteiger partial charge >= 0.3 is 0 Å². The van der Waals surface area contributed by atoms with Gasteiger partial charge < -0.3 is 19.3 Å². The highest BCUT2D eigenvalue weighted by Crippen LogP contribution is 2.28. The molecule has 178 valence electrons. The lowest BCUT2D eigenvalue weighted by molar-refractivity contribution is -0.139. The molecule has 0 aromatic heterocycles. The molecule has 1 unspecified atom stereocenters. The van der Waals surface area contributed by atoms with Gasteiger partial charge in [-0.1, -0.05) is 29.3 Å². The Morgan fingerprint density at radius 2 is 1.82 bits per heavy atom. The molecule has 4 rings (SSSR count). The van der Waals surface area contributed by atoms with Crippen molar-refractivity contribution in [3.8, 4) is 5.75 Å². The molecular weight excluding hydrogens is 473 g/mol. The second-order valence-electron chi connectivity index (χ2n) is 8.45. The summed E-state index contributed by atoms with van der Waals surface area (Å²) in [4.78, 5) is 16.7. The number of likely N-dealkylation sites (tertiary alicyclic amines) is 1. The zero-order valence-corrected chi connectivity index (χ0v) is 19.6. The van der Waals surface area contributed by atoms with Crippen molar-refractivity contribution in [2.45, 2.75) is 31.5 Å². The topological polar surface area (TPSA) is 42.0 Å². The van der Waals surface area contributed by atoms with E-state index in [4.69, 9.17) is 32.7 Å². The first-order valence-corrected chi connectivity index (χ1v) is 11.8. The number of rotatable bonds is 6. The van der Waals surface area contributed by atoms with E-state index in [-0.39, 0.29) is 24.5 Å². The van der Waals surface area contributed by atoms with Crippen LogP contribution < -0.4 is 4.74 Å². The fraction of sp³-hybridized carbons (Fsp3) is 0.458. The smallest absolute Gasteiger partial charge is 0.227 e. The molecule has 0 bridgehead atoms. The summed E-state index contributed by atoms with van der Waals surface area (Å²) in [5, 5.41) is 0.980. The predicted octanol–water partition coefficient (Wildman–Crippen LogP) is 4.58. The van der Waals surface area contributed by atoms with Crippen LogP contribution in [0.3, 0.4) is 0 Å². The zero-order valence-electron chi connectivity index (χ0n) is 18.1. The van der Waals surface area contributed by atoms with Crippen LogP contribution in [0.1, 0.15) is 18.4 Å². The Morgan fingerprint density at radius 3 is 2.55 bits per heavy atom. The van der Waals surface area contributed by atoms with Gasteiger partial charge in [0, 0.05) is 38.8 Å². The fourth-order valence-corrected chi connectivity index (χ4v) is 4.52. The first-order valence-electron chi connectivity index (χ1n) is 11.0. The van der Waals surface area contributed by atoms with Crippen LogP contribution in [-0.2, 0) is 16.0 Å². The molecule has 0 N–H and O–H groups in total. The largest absolute Gasteiger partial charge is 0.490 e. The highest BCUT2D eigenvalue weighted by molar-refractivity contribution is 6.42. The molecule has 2 aliphatic rings. The number of piperidine rings is 1. The second-order valence-corrected chi connectivity index (χ2v) is 9.27. The number of benzene rings is 2. The number of hydrogen-bond donors (Lipinski definition) is 0. The molecule has 1 atom stereocenters. The molecule has 2 aromatic rings. The first kappa shape index (κ1) is 24.2. The van der Waals surface area contributed by atoms with E-state index in [0.717, 1.165) is 44.6 Å². The maximum Gasteiger partial charge on any atom is 0.227 e. The summed E-state index contributed by atoms with van der Waals surface area (Å²) in [6.45, 7) is 3.92. The van der Waals surface area contributed by atoms with E-state index in [2.05, 4.69) is 4.90 Å². The molecule has 0 spiro atoms. The van der Waals surface area contributed by atoms with E-state index in [9.17, 15) is 13.6 Å². The molecule has 2 saturated heterocycles. The fourth-order valence-electron chi connectivity index (χ4n) is 4.23. The lowest BCUT2D eigenvalue weighted by Crippen LogP contribution is -2.51. The van der Waals surface area contributed by atoms with Crippen LogP contribution >= 0.6 is 23.2 Å². The summed E-state index contributed by atoms with van der Waals surface area (Å²) in [5.74, 6) is -1.24. The summed E-state index contributed by atoms with van der Waals surface area (Å²) in [7, 11) is 0. The second kappa shape index (κ2) is 11.0. The molecule has 1 amide bonds. The van der Waals surface area contributed by atoms with Crippen LogP contribution in [0.5, 0.6) is 5.75 Å². The Kier molecular flexibility index (Phi) is 8.07. The van der Waals surface area contributed by atoms with E-state index in [1.165, 1.54) is 6.07 Å². The maximum atomic E-state index is 13.4. The van der Waals surface area contributed by atoms with Gasteiger partial charge in [-0.05, 0) is 42.7 Å². The van der Waals surface area contributed by atoms with Crippen molar-refractivity contribution in [3.63, 3.8) is 0 Å². The number of nitrogens with zero attached hydrogens (tertiary/aromatic N) is 2. The first-order chi connectivity index (χ1) is 15.9. The van der Waals surface area contributed by atoms with Crippen LogP contribution in [0.25, 0.3) is 0 Å². The van der Waals surface area contributed by atoms with Gasteiger partial charge in [0.15, 0.2) is 11.6 Å². The number of ether oxygens (including phenoxy) is 2. The Morgan fingerprint density at radius 1 is 1.03 bits per heavy atom. The molecule has 0 aliphatic carbocycles. The van der Waals surface area contributed by atoms with Crippen LogP contribution in [0, 0.1) is 11.6 Å². The van der Waals surface area contributed by atoms with Crippen LogP contribution in [0.4, 0.5) is 8.78 Å². The molecule has 9 heteroatoms.